The van der Waals surface area contributed by atoms with E-state index in [1.807, 2.05) is 31.3 Å². The minimum absolute atomic E-state index is 0.0282. The van der Waals surface area contributed by atoms with Gasteiger partial charge in [-0.3, -0.25) is 14.7 Å². The molecule has 0 saturated carbocycles. The van der Waals surface area contributed by atoms with E-state index in [0.29, 0.717) is 19.4 Å². The van der Waals surface area contributed by atoms with Crippen molar-refractivity contribution in [2.75, 3.05) is 20.6 Å². The van der Waals surface area contributed by atoms with Gasteiger partial charge in [-0.15, -0.1) is 0 Å². The number of amides is 1. The van der Waals surface area contributed by atoms with Gasteiger partial charge in [-0.2, -0.15) is 0 Å². The standard InChI is InChI=1S/C30H38N4O3S/c1-34(2)29(16-8-9-20-32-38(36,37)25-13-4-3-5-14-25)30(35)33-28-18-17-24-12-6-7-15-26(24)27(28)21-23-11-10-19-31-22-23/h3-7,10-15,19,22,27-29,32H,8-9,16-18,20-21H2,1-2H3,(H,33,35)/t27-,28+,29+/m1/s1. The molecule has 0 spiro atoms. The summed E-state index contributed by atoms with van der Waals surface area (Å²) in [5, 5.41) is 3.39. The highest BCUT2D eigenvalue weighted by molar-refractivity contribution is 7.89. The SMILES string of the molecule is CN(C)[C@@H](CCCCNS(=O)(=O)c1ccccc1)C(=O)N[C@H]1CCc2ccccc2[C@H]1Cc1cccnc1. The largest absolute Gasteiger partial charge is 0.351 e. The van der Waals surface area contributed by atoms with Crippen molar-refractivity contribution in [2.24, 2.45) is 0 Å². The molecule has 1 amide bonds. The van der Waals surface area contributed by atoms with Crippen molar-refractivity contribution in [2.45, 2.75) is 61.4 Å². The molecule has 1 heterocycles. The number of nitrogens with one attached hydrogen (secondary N) is 2. The number of likely N-dealkylation sites (N-methyl/N-ethyl adjacent to an activating group) is 1. The second-order valence-corrected chi connectivity index (χ2v) is 12.0. The molecule has 1 aliphatic rings. The Kier molecular flexibility index (Phi) is 9.66. The summed E-state index contributed by atoms with van der Waals surface area (Å²) < 4.78 is 27.5. The molecule has 4 rings (SSSR count). The summed E-state index contributed by atoms with van der Waals surface area (Å²) in [4.78, 5) is 20.0. The van der Waals surface area contributed by atoms with E-state index >= 15 is 0 Å². The number of aryl methyl sites for hydroxylation is 1. The topological polar surface area (TPSA) is 91.4 Å². The molecule has 0 aliphatic heterocycles. The highest BCUT2D eigenvalue weighted by atomic mass is 32.2. The van der Waals surface area contributed by atoms with E-state index in [0.717, 1.165) is 31.2 Å². The highest BCUT2D eigenvalue weighted by Gasteiger charge is 2.32. The molecule has 0 bridgehead atoms. The number of nitrogens with zero attached hydrogens (tertiary/aromatic N) is 2. The number of carbonyl (C=O) groups excluding carboxylic acids is 1. The Labute approximate surface area is 226 Å². The zero-order chi connectivity index (χ0) is 27.0. The van der Waals surface area contributed by atoms with Crippen molar-refractivity contribution in [1.29, 1.82) is 0 Å². The van der Waals surface area contributed by atoms with Gasteiger partial charge in [0.25, 0.3) is 0 Å². The van der Waals surface area contributed by atoms with Crippen LogP contribution in [0.2, 0.25) is 0 Å². The number of benzene rings is 2. The third kappa shape index (κ3) is 7.28. The first-order valence-corrected chi connectivity index (χ1v) is 14.8. The van der Waals surface area contributed by atoms with Crippen molar-refractivity contribution in [3.8, 4) is 0 Å². The van der Waals surface area contributed by atoms with Crippen LogP contribution in [-0.2, 0) is 27.7 Å². The Balaban J connectivity index is 1.35. The van der Waals surface area contributed by atoms with Gasteiger partial charge in [-0.25, -0.2) is 13.1 Å². The molecule has 3 atom stereocenters. The lowest BCUT2D eigenvalue weighted by Gasteiger charge is -2.36. The van der Waals surface area contributed by atoms with Crippen LogP contribution in [-0.4, -0.2) is 56.9 Å². The van der Waals surface area contributed by atoms with Gasteiger partial charge in [0.05, 0.1) is 10.9 Å². The van der Waals surface area contributed by atoms with E-state index in [-0.39, 0.29) is 28.8 Å². The fraction of sp³-hybridized carbons (Fsp3) is 0.400. The Morgan fingerprint density at radius 2 is 1.79 bits per heavy atom. The number of sulfonamides is 1. The predicted octanol–water partition coefficient (Wildman–Crippen LogP) is 3.92. The number of carbonyl (C=O) groups is 1. The third-order valence-corrected chi connectivity index (χ3v) is 8.82. The summed E-state index contributed by atoms with van der Waals surface area (Å²) in [5.41, 5.74) is 3.82. The van der Waals surface area contributed by atoms with Crippen LogP contribution in [0.4, 0.5) is 0 Å². The predicted molar refractivity (Wildman–Crippen MR) is 150 cm³/mol. The Bertz CT molecular complexity index is 1280. The fourth-order valence-electron chi connectivity index (χ4n) is 5.31. The zero-order valence-corrected chi connectivity index (χ0v) is 23.0. The van der Waals surface area contributed by atoms with Gasteiger partial charge in [0.15, 0.2) is 0 Å². The molecule has 38 heavy (non-hydrogen) atoms. The van der Waals surface area contributed by atoms with Gasteiger partial charge < -0.3 is 5.32 Å². The quantitative estimate of drug-likeness (QED) is 0.344. The minimum atomic E-state index is -3.51. The number of fused-ring (bicyclic) bond motifs is 1. The molecule has 202 valence electrons. The van der Waals surface area contributed by atoms with Gasteiger partial charge in [0, 0.05) is 30.9 Å². The van der Waals surface area contributed by atoms with Crippen LogP contribution in [0.3, 0.4) is 0 Å². The Hall–Kier alpha value is -3.07. The molecule has 0 radical (unpaired) electrons. The van der Waals surface area contributed by atoms with Gasteiger partial charge in [0.1, 0.15) is 0 Å². The van der Waals surface area contributed by atoms with Crippen LogP contribution in [0.25, 0.3) is 0 Å². The van der Waals surface area contributed by atoms with Crippen molar-refractivity contribution >= 4 is 15.9 Å². The van der Waals surface area contributed by atoms with E-state index in [4.69, 9.17) is 0 Å². The van der Waals surface area contributed by atoms with Gasteiger partial charge >= 0.3 is 0 Å². The minimum Gasteiger partial charge on any atom is -0.351 e. The average molecular weight is 535 g/mol. The number of pyridine rings is 1. The number of rotatable bonds is 12. The summed E-state index contributed by atoms with van der Waals surface area (Å²) in [7, 11) is 0.331. The summed E-state index contributed by atoms with van der Waals surface area (Å²) in [5.74, 6) is 0.212. The number of hydrogen-bond acceptors (Lipinski definition) is 5. The van der Waals surface area contributed by atoms with Crippen LogP contribution in [0, 0.1) is 0 Å². The van der Waals surface area contributed by atoms with Crippen molar-refractivity contribution in [3.63, 3.8) is 0 Å². The number of hydrogen-bond donors (Lipinski definition) is 2. The lowest BCUT2D eigenvalue weighted by atomic mass is 9.76. The fourth-order valence-corrected chi connectivity index (χ4v) is 6.40. The highest BCUT2D eigenvalue weighted by Crippen LogP contribution is 2.34. The van der Waals surface area contributed by atoms with Crippen molar-refractivity contribution in [3.05, 3.63) is 95.8 Å². The summed E-state index contributed by atoms with van der Waals surface area (Å²) in [6.07, 6.45) is 8.40. The van der Waals surface area contributed by atoms with Crippen LogP contribution in [0.1, 0.15) is 48.3 Å². The molecule has 2 aromatic carbocycles. The maximum absolute atomic E-state index is 13.5. The second kappa shape index (κ2) is 13.1. The normalized spacial score (nSPS) is 18.1. The molecule has 0 unspecified atom stereocenters. The number of aromatic nitrogens is 1. The van der Waals surface area contributed by atoms with Crippen molar-refractivity contribution < 1.29 is 13.2 Å². The van der Waals surface area contributed by atoms with E-state index in [1.165, 1.54) is 11.1 Å². The molecular weight excluding hydrogens is 496 g/mol. The second-order valence-electron chi connectivity index (χ2n) is 10.2. The van der Waals surface area contributed by atoms with Crippen LogP contribution >= 0.6 is 0 Å². The maximum atomic E-state index is 13.5. The van der Waals surface area contributed by atoms with Crippen LogP contribution in [0.5, 0.6) is 0 Å². The first-order chi connectivity index (χ1) is 18.3. The molecule has 3 aromatic rings. The van der Waals surface area contributed by atoms with Gasteiger partial charge in [0.2, 0.25) is 15.9 Å². The maximum Gasteiger partial charge on any atom is 0.240 e. The first kappa shape index (κ1) is 28.0. The van der Waals surface area contributed by atoms with Crippen LogP contribution < -0.4 is 10.0 Å². The summed E-state index contributed by atoms with van der Waals surface area (Å²) in [6, 6.07) is 20.7. The average Bonchev–Trinajstić information content (AvgIpc) is 2.92. The van der Waals surface area contributed by atoms with Crippen LogP contribution in [0.15, 0.2) is 84.0 Å². The molecule has 2 N–H and O–H groups in total. The number of unbranched alkanes of at least 4 members (excludes halogenated alkanes) is 1. The van der Waals surface area contributed by atoms with Gasteiger partial charge in [-0.1, -0.05) is 55.0 Å². The van der Waals surface area contributed by atoms with E-state index in [1.54, 1.807) is 36.5 Å². The lowest BCUT2D eigenvalue weighted by molar-refractivity contribution is -0.126. The molecule has 0 fully saturated rings. The summed E-state index contributed by atoms with van der Waals surface area (Å²) in [6.45, 7) is 0.339. The van der Waals surface area contributed by atoms with E-state index in [9.17, 15) is 13.2 Å². The molecular formula is C30H38N4O3S. The Morgan fingerprint density at radius 3 is 2.53 bits per heavy atom. The molecule has 8 heteroatoms. The first-order valence-electron chi connectivity index (χ1n) is 13.3. The van der Waals surface area contributed by atoms with E-state index < -0.39 is 10.0 Å². The lowest BCUT2D eigenvalue weighted by Crippen LogP contribution is -2.50. The molecule has 1 aliphatic carbocycles. The Morgan fingerprint density at radius 1 is 1.03 bits per heavy atom. The smallest absolute Gasteiger partial charge is 0.240 e. The molecule has 0 saturated heterocycles. The van der Waals surface area contributed by atoms with Gasteiger partial charge in [-0.05, 0) is 81.1 Å². The zero-order valence-electron chi connectivity index (χ0n) is 22.2. The molecule has 1 aromatic heterocycles. The monoisotopic (exact) mass is 534 g/mol. The van der Waals surface area contributed by atoms with Crippen molar-refractivity contribution in [1.82, 2.24) is 19.9 Å². The summed E-state index contributed by atoms with van der Waals surface area (Å²) >= 11 is 0. The third-order valence-electron chi connectivity index (χ3n) is 7.35. The van der Waals surface area contributed by atoms with E-state index in [2.05, 4.69) is 45.4 Å². The molecule has 7 nitrogen and oxygen atoms in total.